The number of carbonyl (C=O) groups is 5. The van der Waals surface area contributed by atoms with E-state index >= 15 is 0 Å². The van der Waals surface area contributed by atoms with Crippen molar-refractivity contribution in [3.05, 3.63) is 133 Å². The van der Waals surface area contributed by atoms with Crippen molar-refractivity contribution in [2.24, 2.45) is 5.11 Å². The van der Waals surface area contributed by atoms with E-state index in [0.29, 0.717) is 19.4 Å². The molecule has 4 rings (SSSR count). The maximum absolute atomic E-state index is 12.3. The summed E-state index contributed by atoms with van der Waals surface area (Å²) in [6, 6.07) is 33.4. The monoisotopic (exact) mass is 883 g/mol. The van der Waals surface area contributed by atoms with E-state index < -0.39 is 63.4 Å². The number of unbranched alkanes of at least 4 members (excludes halogenated alkanes) is 1. The average molecular weight is 885 g/mol. The van der Waals surface area contributed by atoms with Gasteiger partial charge in [0.25, 0.3) is 5.91 Å². The first-order valence-electron chi connectivity index (χ1n) is 17.3. The smallest absolute Gasteiger partial charge is 0.328 e. The number of pyridine rings is 1. The molecule has 17 heteroatoms. The largest absolute Gasteiger partial charge is 0.705 e. The van der Waals surface area contributed by atoms with Gasteiger partial charge in [0.2, 0.25) is 0 Å². The predicted octanol–water partition coefficient (Wildman–Crippen LogP) is 4.46. The van der Waals surface area contributed by atoms with E-state index in [1.807, 2.05) is 30.3 Å². The Labute approximate surface area is 346 Å². The number of nitrogens with one attached hydrogen (secondary N) is 2. The number of aromatic nitrogens is 1. The van der Waals surface area contributed by atoms with Crippen LogP contribution in [0.2, 0.25) is 0 Å². The second-order valence-electron chi connectivity index (χ2n) is 12.0. The van der Waals surface area contributed by atoms with Gasteiger partial charge in [0.1, 0.15) is 11.9 Å². The number of hydrogen-bond donors (Lipinski definition) is 5. The van der Waals surface area contributed by atoms with Crippen molar-refractivity contribution < 1.29 is 64.1 Å². The summed E-state index contributed by atoms with van der Waals surface area (Å²) in [5.74, 6) is -4.65. The molecule has 1 radical (unpaired) electrons. The van der Waals surface area contributed by atoms with Crippen molar-refractivity contribution in [1.29, 1.82) is 0 Å². The molecule has 15 nitrogen and oxygen atoms in total. The SMILES string of the molecule is C=C(NCCCCC(NC(=O)c1ccc(N=[N-])nc1)C(=O)OC)c1ccccc1.C[PH+](c1ccccc1)c1ccccc1.O=C(O)CN(CC(=O)O)CC(=O)O.[Tc]. The van der Waals surface area contributed by atoms with Crippen LogP contribution in [0.4, 0.5) is 5.82 Å². The molecule has 0 aliphatic carbocycles. The molecule has 0 saturated carbocycles. The second kappa shape index (κ2) is 27.8. The standard InChI is InChI=1S/C21H24N5O3.C13H13P.C6H9NO6.Tc/c1-15(16-8-4-3-5-9-16)23-13-7-6-10-18(21(28)29-2)25-20(27)17-11-12-19(26-22)24-14-17;1-14(12-8-4-2-5-9-12)13-10-6-3-7-11-13;8-4(9)1-7(2-5(10)11)3-6(12)13;/h3-5,8-9,11-12,14,18,23H,1,6-7,10,13H2,2H3,(H,25,27);2-11H,1H3;1-3H2,(H,8,9)(H,10,11)(H,12,13);/q-1;;;/p+1. The molecule has 1 atom stereocenters. The normalized spacial score (nSPS) is 10.5. The average Bonchev–Trinajstić information content (AvgIpc) is 3.20. The van der Waals surface area contributed by atoms with E-state index in [2.05, 4.69) is 94.6 Å². The molecule has 5 N–H and O–H groups in total. The van der Waals surface area contributed by atoms with Crippen LogP contribution < -0.4 is 21.2 Å². The van der Waals surface area contributed by atoms with Gasteiger partial charge in [0.05, 0.1) is 57.5 Å². The number of esters is 1. The van der Waals surface area contributed by atoms with Gasteiger partial charge < -0.3 is 41.3 Å². The van der Waals surface area contributed by atoms with Crippen molar-refractivity contribution in [3.63, 3.8) is 0 Å². The molecule has 1 unspecified atom stereocenters. The van der Waals surface area contributed by atoms with Crippen LogP contribution in [0.5, 0.6) is 0 Å². The number of hydrogen-bond acceptors (Lipinski definition) is 10. The topological polar surface area (TPSA) is 230 Å². The molecule has 1 amide bonds. The summed E-state index contributed by atoms with van der Waals surface area (Å²) in [5.41, 5.74) is 10.8. The summed E-state index contributed by atoms with van der Waals surface area (Å²) >= 11 is 0. The molecule has 1 aromatic heterocycles. The van der Waals surface area contributed by atoms with E-state index in [9.17, 15) is 24.0 Å². The Morgan fingerprint density at radius 1 is 0.789 bits per heavy atom. The van der Waals surface area contributed by atoms with Gasteiger partial charge in [0, 0.05) is 38.5 Å². The fraction of sp³-hybridized carbons (Fsp3) is 0.250. The maximum Gasteiger partial charge on any atom is 0.328 e. The molecule has 1 heterocycles. The predicted molar refractivity (Wildman–Crippen MR) is 216 cm³/mol. The fourth-order valence-corrected chi connectivity index (χ4v) is 6.67. The Morgan fingerprint density at radius 2 is 1.28 bits per heavy atom. The summed E-state index contributed by atoms with van der Waals surface area (Å²) < 4.78 is 4.79. The Morgan fingerprint density at radius 3 is 1.70 bits per heavy atom. The number of ether oxygens (including phenoxy) is 1. The second-order valence-corrected chi connectivity index (χ2v) is 14.4. The molecular weight excluding hydrogens is 837 g/mol. The molecule has 57 heavy (non-hydrogen) atoms. The van der Waals surface area contributed by atoms with Gasteiger partial charge in [0.15, 0.2) is 0 Å². The number of methoxy groups -OCH3 is 1. The van der Waals surface area contributed by atoms with Crippen LogP contribution >= 0.6 is 7.92 Å². The molecule has 0 aliphatic heterocycles. The molecule has 4 aromatic rings. The third kappa shape index (κ3) is 20.2. The van der Waals surface area contributed by atoms with Crippen LogP contribution in [0.15, 0.2) is 121 Å². The Bertz CT molecular complexity index is 1780. The Kier molecular flexibility index (Phi) is 24.1. The fourth-order valence-electron chi connectivity index (χ4n) is 4.95. The van der Waals surface area contributed by atoms with Crippen LogP contribution in [0.25, 0.3) is 11.2 Å². The Balaban J connectivity index is 0.000000483. The van der Waals surface area contributed by atoms with Gasteiger partial charge in [-0.2, -0.15) is 0 Å². The number of carboxylic acids is 3. The summed E-state index contributed by atoms with van der Waals surface area (Å²) in [4.78, 5) is 59.4. The van der Waals surface area contributed by atoms with Crippen LogP contribution in [0.1, 0.15) is 35.2 Å². The molecule has 3 aromatic carbocycles. The molecule has 303 valence electrons. The van der Waals surface area contributed by atoms with Crippen molar-refractivity contribution in [2.75, 3.05) is 40.0 Å². The van der Waals surface area contributed by atoms with Crippen LogP contribution in [-0.4, -0.2) is 101 Å². The molecular formula is C40H47N6O9PTc. The van der Waals surface area contributed by atoms with Crippen molar-refractivity contribution in [2.45, 2.75) is 25.3 Å². The first kappa shape index (κ1) is 49.4. The number of rotatable bonds is 19. The Hall–Kier alpha value is -5.66. The van der Waals surface area contributed by atoms with Gasteiger partial charge in [-0.25, -0.2) is 9.78 Å². The van der Waals surface area contributed by atoms with Gasteiger partial charge >= 0.3 is 23.9 Å². The number of nitrogens with zero attached hydrogens (tertiary/aromatic N) is 4. The van der Waals surface area contributed by atoms with E-state index in [1.165, 1.54) is 36.0 Å². The first-order valence-corrected chi connectivity index (χ1v) is 19.3. The van der Waals surface area contributed by atoms with Crippen molar-refractivity contribution >= 4 is 59.8 Å². The third-order valence-corrected chi connectivity index (χ3v) is 10.2. The number of carbonyl (C=O) groups excluding carboxylic acids is 2. The number of amides is 1. The van der Waals surface area contributed by atoms with Gasteiger partial charge in [-0.05, 0) is 61.2 Å². The van der Waals surface area contributed by atoms with Gasteiger partial charge in [-0.1, -0.05) is 73.3 Å². The molecule has 0 saturated heterocycles. The summed E-state index contributed by atoms with van der Waals surface area (Å²) in [6.45, 7) is 5.26. The molecule has 0 fully saturated rings. The number of carboxylic acid groups (broad SMARTS) is 3. The third-order valence-electron chi connectivity index (χ3n) is 7.77. The summed E-state index contributed by atoms with van der Waals surface area (Å²) in [7, 11) is 0.739. The molecule has 0 bridgehead atoms. The first-order chi connectivity index (χ1) is 26.8. The van der Waals surface area contributed by atoms with Crippen molar-refractivity contribution in [3.8, 4) is 0 Å². The molecule has 0 spiro atoms. The quantitative estimate of drug-likeness (QED) is 0.0381. The van der Waals surface area contributed by atoms with Crippen LogP contribution in [0.3, 0.4) is 0 Å². The zero-order valence-electron chi connectivity index (χ0n) is 31.6. The minimum absolute atomic E-state index is 0. The zero-order valence-corrected chi connectivity index (χ0v) is 34.4. The van der Waals surface area contributed by atoms with E-state index in [1.54, 1.807) is 0 Å². The summed E-state index contributed by atoms with van der Waals surface area (Å²) in [5, 5.41) is 36.7. The molecule has 0 aliphatic rings. The van der Waals surface area contributed by atoms with E-state index in [0.717, 1.165) is 22.6 Å². The maximum atomic E-state index is 12.3. The van der Waals surface area contributed by atoms with E-state index in [4.69, 9.17) is 25.6 Å². The van der Waals surface area contributed by atoms with Gasteiger partial charge in [-0.3, -0.25) is 24.1 Å². The van der Waals surface area contributed by atoms with Crippen molar-refractivity contribution in [1.82, 2.24) is 20.5 Å². The number of benzene rings is 3. The van der Waals surface area contributed by atoms with Crippen LogP contribution in [0, 0.1) is 0 Å². The number of aliphatic carboxylic acids is 3. The summed E-state index contributed by atoms with van der Waals surface area (Å²) in [6.07, 6.45) is 3.21. The minimum atomic E-state index is -1.26. The van der Waals surface area contributed by atoms with Crippen LogP contribution in [-0.2, 0) is 44.0 Å². The zero-order chi connectivity index (χ0) is 41.3. The van der Waals surface area contributed by atoms with Gasteiger partial charge in [-0.15, -0.1) is 0 Å². The van der Waals surface area contributed by atoms with E-state index in [-0.39, 0.29) is 31.5 Å². The minimum Gasteiger partial charge on any atom is -0.705 e.